The normalized spacial score (nSPS) is 10.0. The van der Waals surface area contributed by atoms with E-state index in [9.17, 15) is 9.59 Å². The van der Waals surface area contributed by atoms with Gasteiger partial charge in [-0.2, -0.15) is 0 Å². The molecule has 2 aromatic rings. The maximum atomic E-state index is 11.9. The molecular weight excluding hydrogens is 294 g/mol. The number of nitrogens with one attached hydrogen (secondary N) is 1. The van der Waals surface area contributed by atoms with Gasteiger partial charge in [-0.15, -0.1) is 0 Å². The Morgan fingerprint density at radius 2 is 1.09 bits per heavy atom. The lowest BCUT2D eigenvalue weighted by Crippen LogP contribution is -2.32. The Bertz CT molecular complexity index is 603. The molecule has 0 radical (unpaired) electrons. The second-order valence-corrected chi connectivity index (χ2v) is 5.02. The lowest BCUT2D eigenvalue weighted by atomic mass is 10.1. The van der Waals surface area contributed by atoms with Crippen LogP contribution >= 0.6 is 0 Å². The molecule has 0 fully saturated rings. The molecule has 2 rings (SSSR count). The van der Waals surface area contributed by atoms with E-state index >= 15 is 0 Å². The highest BCUT2D eigenvalue weighted by atomic mass is 16.5. The molecule has 5 nitrogen and oxygen atoms in total. The number of rotatable bonds is 6. The van der Waals surface area contributed by atoms with Gasteiger partial charge in [0.25, 0.3) is 0 Å². The summed E-state index contributed by atoms with van der Waals surface area (Å²) >= 11 is 0. The van der Waals surface area contributed by atoms with Gasteiger partial charge in [-0.1, -0.05) is 24.3 Å². The predicted molar refractivity (Wildman–Crippen MR) is 86.5 cm³/mol. The van der Waals surface area contributed by atoms with Crippen LogP contribution in [0.15, 0.2) is 48.5 Å². The molecule has 23 heavy (non-hydrogen) atoms. The van der Waals surface area contributed by atoms with E-state index in [1.54, 1.807) is 62.8 Å². The summed E-state index contributed by atoms with van der Waals surface area (Å²) in [5, 5.41) is 2.39. The van der Waals surface area contributed by atoms with Gasteiger partial charge >= 0.3 is 0 Å². The zero-order chi connectivity index (χ0) is 16.7. The smallest absolute Gasteiger partial charge is 0.230 e. The van der Waals surface area contributed by atoms with Crippen molar-refractivity contribution in [3.8, 4) is 11.5 Å². The molecule has 0 aliphatic carbocycles. The molecule has 0 spiro atoms. The van der Waals surface area contributed by atoms with Gasteiger partial charge in [-0.3, -0.25) is 14.9 Å². The van der Waals surface area contributed by atoms with Gasteiger partial charge in [0.2, 0.25) is 11.8 Å². The fraction of sp³-hybridized carbons (Fsp3) is 0.222. The Morgan fingerprint density at radius 1 is 0.739 bits per heavy atom. The monoisotopic (exact) mass is 313 g/mol. The van der Waals surface area contributed by atoms with Crippen LogP contribution in [-0.2, 0) is 22.4 Å². The van der Waals surface area contributed by atoms with Crippen LogP contribution in [0.4, 0.5) is 0 Å². The minimum atomic E-state index is -0.325. The largest absolute Gasteiger partial charge is 0.497 e. The zero-order valence-electron chi connectivity index (χ0n) is 13.2. The molecule has 0 atom stereocenters. The van der Waals surface area contributed by atoms with Crippen molar-refractivity contribution in [2.75, 3.05) is 14.2 Å². The molecule has 1 N–H and O–H groups in total. The number of ether oxygens (including phenoxy) is 2. The number of imide groups is 1. The minimum absolute atomic E-state index is 0.151. The molecule has 5 heteroatoms. The fourth-order valence-corrected chi connectivity index (χ4v) is 2.10. The quantitative estimate of drug-likeness (QED) is 0.887. The van der Waals surface area contributed by atoms with Crippen molar-refractivity contribution in [3.05, 3.63) is 59.7 Å². The van der Waals surface area contributed by atoms with Crippen molar-refractivity contribution in [2.24, 2.45) is 0 Å². The lowest BCUT2D eigenvalue weighted by molar-refractivity contribution is -0.129. The number of amides is 2. The third-order valence-corrected chi connectivity index (χ3v) is 3.33. The average molecular weight is 313 g/mol. The standard InChI is InChI=1S/C18H19NO4/c1-22-15-7-3-13(4-8-15)11-17(20)19-18(21)12-14-5-9-16(23-2)10-6-14/h3-10H,11-12H2,1-2H3,(H,19,20,21). The van der Waals surface area contributed by atoms with E-state index in [-0.39, 0.29) is 24.7 Å². The molecule has 0 aromatic heterocycles. The van der Waals surface area contributed by atoms with Gasteiger partial charge in [-0.05, 0) is 35.4 Å². The van der Waals surface area contributed by atoms with Crippen molar-refractivity contribution < 1.29 is 19.1 Å². The van der Waals surface area contributed by atoms with E-state index in [1.807, 2.05) is 0 Å². The molecule has 0 aliphatic rings. The first-order valence-corrected chi connectivity index (χ1v) is 7.19. The third kappa shape index (κ3) is 5.14. The number of carbonyl (C=O) groups excluding carboxylic acids is 2. The molecule has 0 heterocycles. The highest BCUT2D eigenvalue weighted by Gasteiger charge is 2.10. The third-order valence-electron chi connectivity index (χ3n) is 3.33. The Morgan fingerprint density at radius 3 is 1.39 bits per heavy atom. The molecule has 0 aliphatic heterocycles. The Hall–Kier alpha value is -2.82. The summed E-state index contributed by atoms with van der Waals surface area (Å²) in [6.45, 7) is 0. The highest BCUT2D eigenvalue weighted by Crippen LogP contribution is 2.12. The highest BCUT2D eigenvalue weighted by molar-refractivity contribution is 5.96. The van der Waals surface area contributed by atoms with Gasteiger partial charge in [0.05, 0.1) is 27.1 Å². The van der Waals surface area contributed by atoms with Crippen LogP contribution in [0, 0.1) is 0 Å². The van der Waals surface area contributed by atoms with Gasteiger partial charge in [0.15, 0.2) is 0 Å². The van der Waals surface area contributed by atoms with Crippen LogP contribution in [-0.4, -0.2) is 26.0 Å². The van der Waals surface area contributed by atoms with Gasteiger partial charge < -0.3 is 9.47 Å². The van der Waals surface area contributed by atoms with E-state index in [0.29, 0.717) is 0 Å². The molecular formula is C18H19NO4. The summed E-state index contributed by atoms with van der Waals surface area (Å²) in [6, 6.07) is 14.3. The minimum Gasteiger partial charge on any atom is -0.497 e. The second-order valence-electron chi connectivity index (χ2n) is 5.02. The van der Waals surface area contributed by atoms with E-state index in [4.69, 9.17) is 9.47 Å². The van der Waals surface area contributed by atoms with E-state index in [0.717, 1.165) is 22.6 Å². The van der Waals surface area contributed by atoms with Crippen LogP contribution in [0.1, 0.15) is 11.1 Å². The van der Waals surface area contributed by atoms with Crippen molar-refractivity contribution in [1.82, 2.24) is 5.32 Å². The average Bonchev–Trinajstić information content (AvgIpc) is 2.56. The van der Waals surface area contributed by atoms with E-state index in [2.05, 4.69) is 5.32 Å². The Balaban J connectivity index is 1.84. The summed E-state index contributed by atoms with van der Waals surface area (Å²) in [5.74, 6) is 0.803. The number of hydrogen-bond donors (Lipinski definition) is 1. The lowest BCUT2D eigenvalue weighted by Gasteiger charge is -2.06. The Kier molecular flexibility index (Phi) is 5.74. The number of benzene rings is 2. The molecule has 0 saturated carbocycles. The number of methoxy groups -OCH3 is 2. The molecule has 0 bridgehead atoms. The van der Waals surface area contributed by atoms with Crippen molar-refractivity contribution >= 4 is 11.8 Å². The van der Waals surface area contributed by atoms with Crippen LogP contribution < -0.4 is 14.8 Å². The van der Waals surface area contributed by atoms with Gasteiger partial charge in [0, 0.05) is 0 Å². The first-order valence-electron chi connectivity index (χ1n) is 7.19. The molecule has 120 valence electrons. The van der Waals surface area contributed by atoms with Gasteiger partial charge in [-0.25, -0.2) is 0 Å². The fourth-order valence-electron chi connectivity index (χ4n) is 2.10. The predicted octanol–water partition coefficient (Wildman–Crippen LogP) is 2.13. The van der Waals surface area contributed by atoms with Crippen molar-refractivity contribution in [1.29, 1.82) is 0 Å². The number of hydrogen-bond acceptors (Lipinski definition) is 4. The van der Waals surface area contributed by atoms with E-state index < -0.39 is 0 Å². The summed E-state index contributed by atoms with van der Waals surface area (Å²) in [5.41, 5.74) is 1.64. The SMILES string of the molecule is COc1ccc(CC(=O)NC(=O)Cc2ccc(OC)cc2)cc1. The topological polar surface area (TPSA) is 64.6 Å². The van der Waals surface area contributed by atoms with Crippen LogP contribution in [0.2, 0.25) is 0 Å². The maximum Gasteiger partial charge on any atom is 0.230 e. The Labute approximate surface area is 135 Å². The first kappa shape index (κ1) is 16.5. The van der Waals surface area contributed by atoms with Gasteiger partial charge in [0.1, 0.15) is 11.5 Å². The molecule has 0 saturated heterocycles. The van der Waals surface area contributed by atoms with Crippen molar-refractivity contribution in [2.45, 2.75) is 12.8 Å². The first-order chi connectivity index (χ1) is 11.1. The second kappa shape index (κ2) is 7.98. The van der Waals surface area contributed by atoms with E-state index in [1.165, 1.54) is 0 Å². The zero-order valence-corrected chi connectivity index (χ0v) is 13.2. The molecule has 2 amide bonds. The van der Waals surface area contributed by atoms with Crippen LogP contribution in [0.5, 0.6) is 11.5 Å². The summed E-state index contributed by atoms with van der Waals surface area (Å²) in [7, 11) is 3.17. The summed E-state index contributed by atoms with van der Waals surface area (Å²) in [4.78, 5) is 23.8. The summed E-state index contributed by atoms with van der Waals surface area (Å²) in [6.07, 6.45) is 0.302. The molecule has 2 aromatic carbocycles. The van der Waals surface area contributed by atoms with Crippen LogP contribution in [0.25, 0.3) is 0 Å². The molecule has 0 unspecified atom stereocenters. The maximum absolute atomic E-state index is 11.9. The number of carbonyl (C=O) groups is 2. The van der Waals surface area contributed by atoms with Crippen molar-refractivity contribution in [3.63, 3.8) is 0 Å². The van der Waals surface area contributed by atoms with Crippen LogP contribution in [0.3, 0.4) is 0 Å². The summed E-state index contributed by atoms with van der Waals surface area (Å²) < 4.78 is 10.1.